The molecule has 1 saturated carbocycles. The summed E-state index contributed by atoms with van der Waals surface area (Å²) in [7, 11) is 0. The molecule has 0 aromatic heterocycles. The SMILES string of the molecule is FCC1(c2ccccc2F)CCCC1. The summed E-state index contributed by atoms with van der Waals surface area (Å²) in [5.41, 5.74) is 0.0470. The minimum Gasteiger partial charge on any atom is -0.250 e. The standard InChI is InChI=1S/C12H14F2/c13-9-12(7-3-4-8-12)10-5-1-2-6-11(10)14/h1-2,5-6H,3-4,7-9H2. The molecule has 14 heavy (non-hydrogen) atoms. The molecule has 0 saturated heterocycles. The van der Waals surface area contributed by atoms with E-state index in [9.17, 15) is 8.78 Å². The Morgan fingerprint density at radius 2 is 1.79 bits per heavy atom. The Kier molecular flexibility index (Phi) is 2.53. The Bertz CT molecular complexity index is 314. The summed E-state index contributed by atoms with van der Waals surface area (Å²) in [6.07, 6.45) is 3.59. The van der Waals surface area contributed by atoms with Crippen molar-refractivity contribution >= 4 is 0 Å². The summed E-state index contributed by atoms with van der Waals surface area (Å²) >= 11 is 0. The molecule has 0 N–H and O–H groups in total. The second kappa shape index (κ2) is 3.68. The van der Waals surface area contributed by atoms with Gasteiger partial charge in [-0.3, -0.25) is 4.39 Å². The normalized spacial score (nSPS) is 19.9. The summed E-state index contributed by atoms with van der Waals surface area (Å²) in [4.78, 5) is 0. The van der Waals surface area contributed by atoms with E-state index in [2.05, 4.69) is 0 Å². The van der Waals surface area contributed by atoms with E-state index in [-0.39, 0.29) is 5.82 Å². The van der Waals surface area contributed by atoms with Crippen LogP contribution >= 0.6 is 0 Å². The predicted molar refractivity (Wildman–Crippen MR) is 52.5 cm³/mol. The fourth-order valence-corrected chi connectivity index (χ4v) is 2.42. The van der Waals surface area contributed by atoms with Crippen LogP contribution in [-0.4, -0.2) is 6.67 Å². The van der Waals surface area contributed by atoms with Crippen molar-refractivity contribution in [2.45, 2.75) is 31.1 Å². The van der Waals surface area contributed by atoms with Crippen LogP contribution in [0.3, 0.4) is 0 Å². The number of hydrogen-bond donors (Lipinski definition) is 0. The molecule has 2 heteroatoms. The monoisotopic (exact) mass is 196 g/mol. The average Bonchev–Trinajstić information content (AvgIpc) is 2.68. The number of hydrogen-bond acceptors (Lipinski definition) is 0. The van der Waals surface area contributed by atoms with Crippen molar-refractivity contribution in [1.82, 2.24) is 0 Å². The van der Waals surface area contributed by atoms with E-state index in [1.165, 1.54) is 6.07 Å². The van der Waals surface area contributed by atoms with Crippen LogP contribution in [0, 0.1) is 5.82 Å². The van der Waals surface area contributed by atoms with Gasteiger partial charge in [0.1, 0.15) is 5.82 Å². The molecule has 0 amide bonds. The molecule has 0 unspecified atom stereocenters. The molecule has 2 rings (SSSR count). The lowest BCUT2D eigenvalue weighted by atomic mass is 9.80. The maximum atomic E-state index is 13.5. The minimum atomic E-state index is -0.522. The molecule has 1 fully saturated rings. The van der Waals surface area contributed by atoms with E-state index in [0.717, 1.165) is 25.7 Å². The van der Waals surface area contributed by atoms with Gasteiger partial charge in [-0.1, -0.05) is 31.0 Å². The average molecular weight is 196 g/mol. The molecule has 1 aromatic carbocycles. The lowest BCUT2D eigenvalue weighted by Gasteiger charge is -2.26. The maximum Gasteiger partial charge on any atom is 0.127 e. The molecule has 1 aliphatic rings. The largest absolute Gasteiger partial charge is 0.250 e. The molecule has 76 valence electrons. The zero-order valence-corrected chi connectivity index (χ0v) is 8.10. The van der Waals surface area contributed by atoms with Crippen LogP contribution in [0.5, 0.6) is 0 Å². The van der Waals surface area contributed by atoms with E-state index in [1.54, 1.807) is 18.2 Å². The first-order chi connectivity index (χ1) is 6.78. The summed E-state index contributed by atoms with van der Waals surface area (Å²) in [6, 6.07) is 6.58. The number of rotatable bonds is 2. The Morgan fingerprint density at radius 1 is 1.14 bits per heavy atom. The molecule has 0 spiro atoms. The fraction of sp³-hybridized carbons (Fsp3) is 0.500. The van der Waals surface area contributed by atoms with E-state index < -0.39 is 12.1 Å². The summed E-state index contributed by atoms with van der Waals surface area (Å²) in [6.45, 7) is -0.437. The highest BCUT2D eigenvalue weighted by Gasteiger charge is 2.37. The van der Waals surface area contributed by atoms with Gasteiger partial charge < -0.3 is 0 Å². The molecular formula is C12H14F2. The molecule has 0 aliphatic heterocycles. The maximum absolute atomic E-state index is 13.5. The molecule has 0 atom stereocenters. The molecule has 0 bridgehead atoms. The van der Waals surface area contributed by atoms with Gasteiger partial charge in [-0.05, 0) is 24.5 Å². The van der Waals surface area contributed by atoms with Crippen LogP contribution in [0.25, 0.3) is 0 Å². The van der Waals surface area contributed by atoms with Crippen LogP contribution in [0.4, 0.5) is 8.78 Å². The quantitative estimate of drug-likeness (QED) is 0.677. The zero-order valence-electron chi connectivity index (χ0n) is 8.10. The van der Waals surface area contributed by atoms with Gasteiger partial charge in [-0.25, -0.2) is 4.39 Å². The second-order valence-electron chi connectivity index (χ2n) is 4.10. The highest BCUT2D eigenvalue weighted by atomic mass is 19.1. The van der Waals surface area contributed by atoms with Gasteiger partial charge in [-0.2, -0.15) is 0 Å². The van der Waals surface area contributed by atoms with Crippen molar-refractivity contribution in [3.8, 4) is 0 Å². The Morgan fingerprint density at radius 3 is 2.36 bits per heavy atom. The third-order valence-corrected chi connectivity index (χ3v) is 3.26. The molecule has 1 aliphatic carbocycles. The summed E-state index contributed by atoms with van der Waals surface area (Å²) in [5.74, 6) is -0.257. The highest BCUT2D eigenvalue weighted by Crippen LogP contribution is 2.42. The Labute approximate surface area is 82.9 Å². The highest BCUT2D eigenvalue weighted by molar-refractivity contribution is 5.28. The van der Waals surface area contributed by atoms with Crippen LogP contribution in [0.1, 0.15) is 31.2 Å². The first-order valence-electron chi connectivity index (χ1n) is 5.09. The fourth-order valence-electron chi connectivity index (χ4n) is 2.42. The Balaban J connectivity index is 2.41. The van der Waals surface area contributed by atoms with Crippen molar-refractivity contribution in [1.29, 1.82) is 0 Å². The molecule has 0 nitrogen and oxygen atoms in total. The van der Waals surface area contributed by atoms with Gasteiger partial charge in [0.2, 0.25) is 0 Å². The van der Waals surface area contributed by atoms with E-state index in [0.29, 0.717) is 5.56 Å². The third kappa shape index (κ3) is 1.43. The first-order valence-corrected chi connectivity index (χ1v) is 5.09. The van der Waals surface area contributed by atoms with Gasteiger partial charge in [0.05, 0.1) is 6.67 Å². The molecular weight excluding hydrogens is 182 g/mol. The van der Waals surface area contributed by atoms with Crippen molar-refractivity contribution in [2.75, 3.05) is 6.67 Å². The third-order valence-electron chi connectivity index (χ3n) is 3.26. The van der Waals surface area contributed by atoms with Gasteiger partial charge in [-0.15, -0.1) is 0 Å². The lowest BCUT2D eigenvalue weighted by molar-refractivity contribution is 0.300. The van der Waals surface area contributed by atoms with Gasteiger partial charge >= 0.3 is 0 Å². The summed E-state index contributed by atoms with van der Waals surface area (Å²) < 4.78 is 26.6. The van der Waals surface area contributed by atoms with Crippen molar-refractivity contribution in [3.63, 3.8) is 0 Å². The minimum absolute atomic E-state index is 0.257. The van der Waals surface area contributed by atoms with Crippen LogP contribution < -0.4 is 0 Å². The Hall–Kier alpha value is -0.920. The van der Waals surface area contributed by atoms with E-state index in [1.807, 2.05) is 0 Å². The van der Waals surface area contributed by atoms with Gasteiger partial charge in [0.25, 0.3) is 0 Å². The van der Waals surface area contributed by atoms with E-state index in [4.69, 9.17) is 0 Å². The van der Waals surface area contributed by atoms with Crippen LogP contribution in [-0.2, 0) is 5.41 Å². The molecule has 0 heterocycles. The van der Waals surface area contributed by atoms with Crippen LogP contribution in [0.15, 0.2) is 24.3 Å². The molecule has 0 radical (unpaired) electrons. The lowest BCUT2D eigenvalue weighted by Crippen LogP contribution is -2.25. The summed E-state index contributed by atoms with van der Waals surface area (Å²) in [5, 5.41) is 0. The topological polar surface area (TPSA) is 0 Å². The van der Waals surface area contributed by atoms with Crippen LogP contribution in [0.2, 0.25) is 0 Å². The van der Waals surface area contributed by atoms with Gasteiger partial charge in [0, 0.05) is 5.41 Å². The van der Waals surface area contributed by atoms with Crippen molar-refractivity contribution in [3.05, 3.63) is 35.6 Å². The smallest absolute Gasteiger partial charge is 0.127 e. The van der Waals surface area contributed by atoms with Gasteiger partial charge in [0.15, 0.2) is 0 Å². The predicted octanol–water partition coefficient (Wildman–Crippen LogP) is 3.61. The molecule has 1 aromatic rings. The second-order valence-corrected chi connectivity index (χ2v) is 4.10. The van der Waals surface area contributed by atoms with E-state index >= 15 is 0 Å². The first kappa shape index (κ1) is 9.63. The van der Waals surface area contributed by atoms with Crippen molar-refractivity contribution in [2.24, 2.45) is 0 Å². The van der Waals surface area contributed by atoms with Crippen molar-refractivity contribution < 1.29 is 8.78 Å². The number of halogens is 2. The number of alkyl halides is 1. The zero-order chi connectivity index (χ0) is 10.0. The number of benzene rings is 1.